The van der Waals surface area contributed by atoms with Gasteiger partial charge >= 0.3 is 5.97 Å². The molecule has 0 aliphatic carbocycles. The van der Waals surface area contributed by atoms with Crippen molar-refractivity contribution in [1.82, 2.24) is 5.32 Å². The minimum Gasteiger partial charge on any atom is -0.490 e. The Morgan fingerprint density at radius 1 is 1.16 bits per heavy atom. The van der Waals surface area contributed by atoms with Gasteiger partial charge in [0.1, 0.15) is 24.0 Å². The van der Waals surface area contributed by atoms with E-state index in [1.165, 1.54) is 0 Å². The monoisotopic (exact) mass is 351 g/mol. The van der Waals surface area contributed by atoms with Gasteiger partial charge in [-0.25, -0.2) is 4.79 Å². The van der Waals surface area contributed by atoms with Gasteiger partial charge in [0.15, 0.2) is 0 Å². The molecule has 0 saturated heterocycles. The first-order valence-electron chi connectivity index (χ1n) is 9.02. The van der Waals surface area contributed by atoms with Crippen molar-refractivity contribution in [3.63, 3.8) is 0 Å². The highest BCUT2D eigenvalue weighted by atomic mass is 16.5. The van der Waals surface area contributed by atoms with Crippen molar-refractivity contribution < 1.29 is 19.4 Å². The Balaban J connectivity index is 3.08. The normalized spacial score (nSPS) is 12.8. The quantitative estimate of drug-likeness (QED) is 0.667. The van der Waals surface area contributed by atoms with Crippen LogP contribution in [-0.2, 0) is 4.74 Å². The van der Waals surface area contributed by atoms with E-state index < -0.39 is 6.10 Å². The van der Waals surface area contributed by atoms with Crippen molar-refractivity contribution in [2.75, 3.05) is 13.2 Å². The molecule has 0 bridgehead atoms. The summed E-state index contributed by atoms with van der Waals surface area (Å²) in [5.41, 5.74) is 2.19. The lowest BCUT2D eigenvalue weighted by Gasteiger charge is -2.21. The zero-order valence-corrected chi connectivity index (χ0v) is 16.6. The smallest absolute Gasteiger partial charge is 0.342 e. The van der Waals surface area contributed by atoms with Gasteiger partial charge in [0.2, 0.25) is 0 Å². The van der Waals surface area contributed by atoms with Crippen LogP contribution in [0, 0.1) is 6.92 Å². The average Bonchev–Trinajstić information content (AvgIpc) is 2.49. The second-order valence-corrected chi connectivity index (χ2v) is 7.31. The van der Waals surface area contributed by atoms with E-state index >= 15 is 0 Å². The number of benzene rings is 1. The Morgan fingerprint density at radius 2 is 1.80 bits per heavy atom. The SMILES string of the molecule is Cc1ccc(C(C)C)c(OCC(O)CNC(C)C)c1C(=O)OC(C)C. The fourth-order valence-corrected chi connectivity index (χ4v) is 2.44. The minimum absolute atomic E-state index is 0.116. The molecule has 5 nitrogen and oxygen atoms in total. The summed E-state index contributed by atoms with van der Waals surface area (Å²) in [5, 5.41) is 13.3. The lowest BCUT2D eigenvalue weighted by atomic mass is 9.96. The van der Waals surface area contributed by atoms with Crippen LogP contribution in [0.3, 0.4) is 0 Å². The predicted molar refractivity (Wildman–Crippen MR) is 100 cm³/mol. The number of aliphatic hydroxyl groups is 1. The Kier molecular flexibility index (Phi) is 8.39. The van der Waals surface area contributed by atoms with Gasteiger partial charge in [0.25, 0.3) is 0 Å². The molecule has 1 aromatic rings. The first-order chi connectivity index (χ1) is 11.6. The highest BCUT2D eigenvalue weighted by Crippen LogP contribution is 2.33. The van der Waals surface area contributed by atoms with Crippen LogP contribution in [0.25, 0.3) is 0 Å². The fourth-order valence-electron chi connectivity index (χ4n) is 2.44. The molecule has 0 fully saturated rings. The molecule has 0 amide bonds. The molecule has 0 heterocycles. The van der Waals surface area contributed by atoms with Gasteiger partial charge in [0, 0.05) is 12.6 Å². The summed E-state index contributed by atoms with van der Waals surface area (Å²) in [6.07, 6.45) is -0.861. The number of carbonyl (C=O) groups is 1. The molecule has 0 aliphatic rings. The number of hydrogen-bond donors (Lipinski definition) is 2. The van der Waals surface area contributed by atoms with Crippen molar-refractivity contribution in [1.29, 1.82) is 0 Å². The molecule has 142 valence electrons. The summed E-state index contributed by atoms with van der Waals surface area (Å²) in [6, 6.07) is 4.17. The third-order valence-corrected chi connectivity index (χ3v) is 3.75. The molecule has 2 N–H and O–H groups in total. The van der Waals surface area contributed by atoms with Gasteiger partial charge in [-0.3, -0.25) is 0 Å². The Morgan fingerprint density at radius 3 is 2.32 bits per heavy atom. The Hall–Kier alpha value is -1.59. The van der Waals surface area contributed by atoms with E-state index in [9.17, 15) is 9.90 Å². The molecule has 5 heteroatoms. The lowest BCUT2D eigenvalue weighted by molar-refractivity contribution is 0.0367. The van der Waals surface area contributed by atoms with E-state index in [0.29, 0.717) is 17.9 Å². The zero-order valence-electron chi connectivity index (χ0n) is 16.6. The summed E-state index contributed by atoms with van der Waals surface area (Å²) in [4.78, 5) is 12.6. The molecular formula is C20H33NO4. The molecule has 0 aromatic heterocycles. The third kappa shape index (κ3) is 6.67. The number of carbonyl (C=O) groups excluding carboxylic acids is 1. The maximum absolute atomic E-state index is 12.6. The number of esters is 1. The van der Waals surface area contributed by atoms with Crippen LogP contribution in [-0.4, -0.2) is 42.5 Å². The average molecular weight is 351 g/mol. The summed E-state index contributed by atoms with van der Waals surface area (Å²) in [5.74, 6) is 0.316. The number of aliphatic hydroxyl groups excluding tert-OH is 1. The molecule has 25 heavy (non-hydrogen) atoms. The molecule has 0 radical (unpaired) electrons. The first kappa shape index (κ1) is 21.5. The molecule has 0 saturated carbocycles. The number of ether oxygens (including phenoxy) is 2. The van der Waals surface area contributed by atoms with Crippen molar-refractivity contribution >= 4 is 5.97 Å². The highest BCUT2D eigenvalue weighted by molar-refractivity contribution is 5.95. The van der Waals surface area contributed by atoms with E-state index in [1.54, 1.807) is 0 Å². The van der Waals surface area contributed by atoms with Crippen LogP contribution < -0.4 is 10.1 Å². The van der Waals surface area contributed by atoms with Crippen LogP contribution in [0.1, 0.15) is 68.9 Å². The van der Waals surface area contributed by atoms with Crippen molar-refractivity contribution in [2.45, 2.75) is 72.6 Å². The topological polar surface area (TPSA) is 67.8 Å². The third-order valence-electron chi connectivity index (χ3n) is 3.75. The van der Waals surface area contributed by atoms with E-state index in [-0.39, 0.29) is 30.6 Å². The van der Waals surface area contributed by atoms with Crippen LogP contribution >= 0.6 is 0 Å². The zero-order chi connectivity index (χ0) is 19.1. The van der Waals surface area contributed by atoms with Crippen LogP contribution in [0.2, 0.25) is 0 Å². The lowest BCUT2D eigenvalue weighted by Crippen LogP contribution is -2.35. The maximum Gasteiger partial charge on any atom is 0.342 e. The molecule has 0 spiro atoms. The standard InChI is InChI=1S/C20H33NO4/c1-12(2)17-9-8-15(7)18(20(23)25-14(5)6)19(17)24-11-16(22)10-21-13(3)4/h8-9,12-14,16,21-22H,10-11H2,1-7H3. The highest BCUT2D eigenvalue weighted by Gasteiger charge is 2.23. The van der Waals surface area contributed by atoms with Crippen molar-refractivity contribution in [3.8, 4) is 5.75 Å². The van der Waals surface area contributed by atoms with Crippen LogP contribution in [0.4, 0.5) is 0 Å². The van der Waals surface area contributed by atoms with E-state index in [4.69, 9.17) is 9.47 Å². The van der Waals surface area contributed by atoms with Gasteiger partial charge < -0.3 is 19.9 Å². The van der Waals surface area contributed by atoms with Gasteiger partial charge in [-0.05, 0) is 37.8 Å². The van der Waals surface area contributed by atoms with E-state index in [0.717, 1.165) is 11.1 Å². The summed E-state index contributed by atoms with van der Waals surface area (Å²) in [6.45, 7) is 14.2. The summed E-state index contributed by atoms with van der Waals surface area (Å²) >= 11 is 0. The Bertz CT molecular complexity index is 567. The molecule has 1 rings (SSSR count). The molecular weight excluding hydrogens is 318 g/mol. The maximum atomic E-state index is 12.6. The predicted octanol–water partition coefficient (Wildman–Crippen LogP) is 3.42. The van der Waals surface area contributed by atoms with Gasteiger partial charge in [-0.2, -0.15) is 0 Å². The van der Waals surface area contributed by atoms with E-state index in [2.05, 4.69) is 5.32 Å². The van der Waals surface area contributed by atoms with Gasteiger partial charge in [0.05, 0.1) is 6.10 Å². The van der Waals surface area contributed by atoms with Crippen LogP contribution in [0.5, 0.6) is 5.75 Å². The largest absolute Gasteiger partial charge is 0.490 e. The number of nitrogens with one attached hydrogen (secondary N) is 1. The molecule has 1 atom stereocenters. The van der Waals surface area contributed by atoms with Crippen molar-refractivity contribution in [3.05, 3.63) is 28.8 Å². The minimum atomic E-state index is -0.656. The van der Waals surface area contributed by atoms with Gasteiger partial charge in [-0.15, -0.1) is 0 Å². The molecule has 1 unspecified atom stereocenters. The number of hydrogen-bond acceptors (Lipinski definition) is 5. The summed E-state index contributed by atoms with van der Waals surface area (Å²) in [7, 11) is 0. The molecule has 1 aromatic carbocycles. The van der Waals surface area contributed by atoms with Crippen molar-refractivity contribution in [2.24, 2.45) is 0 Å². The Labute approximate surface area is 151 Å². The number of rotatable bonds is 9. The fraction of sp³-hybridized carbons (Fsp3) is 0.650. The second-order valence-electron chi connectivity index (χ2n) is 7.31. The van der Waals surface area contributed by atoms with E-state index in [1.807, 2.05) is 60.6 Å². The van der Waals surface area contributed by atoms with Crippen LogP contribution in [0.15, 0.2) is 12.1 Å². The number of aryl methyl sites for hydroxylation is 1. The second kappa shape index (κ2) is 9.78. The van der Waals surface area contributed by atoms with Gasteiger partial charge in [-0.1, -0.05) is 39.8 Å². The summed E-state index contributed by atoms with van der Waals surface area (Å²) < 4.78 is 11.3. The first-order valence-corrected chi connectivity index (χ1v) is 9.02. The molecule has 0 aliphatic heterocycles.